The smallest absolute Gasteiger partial charge is 0.141 e. The van der Waals surface area contributed by atoms with Gasteiger partial charge in [-0.05, 0) is 29.8 Å². The van der Waals surface area contributed by atoms with Crippen molar-refractivity contribution in [3.05, 3.63) is 62.8 Å². The van der Waals surface area contributed by atoms with Gasteiger partial charge < -0.3 is 9.84 Å². The van der Waals surface area contributed by atoms with Gasteiger partial charge in [-0.1, -0.05) is 39.7 Å². The van der Waals surface area contributed by atoms with Gasteiger partial charge in [0.25, 0.3) is 0 Å². The Labute approximate surface area is 129 Å². The highest BCUT2D eigenvalue weighted by Gasteiger charge is 2.28. The molecule has 0 radical (unpaired) electrons. The first kappa shape index (κ1) is 13.9. The summed E-state index contributed by atoms with van der Waals surface area (Å²) in [6.07, 6.45) is -0.540. The minimum atomic E-state index is -0.610. The maximum Gasteiger partial charge on any atom is 0.141 e. The molecule has 104 valence electrons. The fourth-order valence-corrected chi connectivity index (χ4v) is 2.86. The molecule has 2 aromatic rings. The molecule has 1 heterocycles. The third kappa shape index (κ3) is 2.55. The lowest BCUT2D eigenvalue weighted by molar-refractivity contribution is 0.0656. The summed E-state index contributed by atoms with van der Waals surface area (Å²) in [6.45, 7) is 0. The van der Waals surface area contributed by atoms with Gasteiger partial charge in [-0.3, -0.25) is 0 Å². The first-order chi connectivity index (χ1) is 9.54. The van der Waals surface area contributed by atoms with Crippen molar-refractivity contribution in [2.75, 3.05) is 0 Å². The van der Waals surface area contributed by atoms with E-state index < -0.39 is 11.9 Å². The lowest BCUT2D eigenvalue weighted by atomic mass is 9.95. The zero-order valence-electron chi connectivity index (χ0n) is 10.3. The van der Waals surface area contributed by atoms with E-state index in [9.17, 15) is 9.50 Å². The fraction of sp³-hybridized carbons (Fsp3) is 0.200. The highest BCUT2D eigenvalue weighted by molar-refractivity contribution is 9.10. The Bertz CT molecular complexity index is 662. The van der Waals surface area contributed by atoms with Crippen LogP contribution in [0.5, 0.6) is 5.75 Å². The van der Waals surface area contributed by atoms with Gasteiger partial charge in [0.05, 0.1) is 11.1 Å². The van der Waals surface area contributed by atoms with Crippen molar-refractivity contribution >= 4 is 27.5 Å². The molecule has 0 saturated heterocycles. The Morgan fingerprint density at radius 3 is 2.80 bits per heavy atom. The van der Waals surface area contributed by atoms with Crippen LogP contribution in [0.1, 0.15) is 29.8 Å². The van der Waals surface area contributed by atoms with Crippen molar-refractivity contribution in [3.8, 4) is 5.75 Å². The highest BCUT2D eigenvalue weighted by Crippen LogP contribution is 2.42. The molecule has 2 nitrogen and oxygen atoms in total. The molecule has 1 aliphatic rings. The number of benzene rings is 2. The molecule has 0 bridgehead atoms. The Balaban J connectivity index is 1.96. The summed E-state index contributed by atoms with van der Waals surface area (Å²) in [6, 6.07) is 9.98. The van der Waals surface area contributed by atoms with Crippen LogP contribution >= 0.6 is 27.5 Å². The topological polar surface area (TPSA) is 29.5 Å². The van der Waals surface area contributed by atoms with E-state index in [1.54, 1.807) is 6.07 Å². The number of hydrogen-bond donors (Lipinski definition) is 1. The van der Waals surface area contributed by atoms with Gasteiger partial charge in [-0.15, -0.1) is 0 Å². The molecule has 20 heavy (non-hydrogen) atoms. The van der Waals surface area contributed by atoms with Gasteiger partial charge in [0.1, 0.15) is 17.7 Å². The average Bonchev–Trinajstić information content (AvgIpc) is 2.41. The second-order valence-electron chi connectivity index (χ2n) is 4.71. The molecule has 2 aromatic carbocycles. The largest absolute Gasteiger partial charge is 0.485 e. The van der Waals surface area contributed by atoms with Crippen LogP contribution in [0.2, 0.25) is 5.02 Å². The summed E-state index contributed by atoms with van der Waals surface area (Å²) < 4.78 is 20.0. The van der Waals surface area contributed by atoms with Gasteiger partial charge in [-0.2, -0.15) is 0 Å². The number of rotatable bonds is 1. The molecule has 0 fully saturated rings. The summed E-state index contributed by atoms with van der Waals surface area (Å²) >= 11 is 9.17. The van der Waals surface area contributed by atoms with Gasteiger partial charge >= 0.3 is 0 Å². The number of fused-ring (bicyclic) bond motifs is 1. The van der Waals surface area contributed by atoms with Crippen molar-refractivity contribution < 1.29 is 14.2 Å². The van der Waals surface area contributed by atoms with Crippen molar-refractivity contribution in [3.63, 3.8) is 0 Å². The van der Waals surface area contributed by atoms with E-state index in [1.807, 2.05) is 18.2 Å². The number of aliphatic hydroxyl groups excluding tert-OH is 1. The molecule has 2 unspecified atom stereocenters. The van der Waals surface area contributed by atoms with Gasteiger partial charge in [0, 0.05) is 16.5 Å². The van der Waals surface area contributed by atoms with E-state index in [0.29, 0.717) is 12.2 Å². The first-order valence-electron chi connectivity index (χ1n) is 6.13. The summed E-state index contributed by atoms with van der Waals surface area (Å²) in [4.78, 5) is 0. The van der Waals surface area contributed by atoms with E-state index >= 15 is 0 Å². The minimum absolute atomic E-state index is 0.0561. The van der Waals surface area contributed by atoms with E-state index in [1.165, 1.54) is 12.1 Å². The Hall–Kier alpha value is -1.10. The Morgan fingerprint density at radius 1 is 1.25 bits per heavy atom. The van der Waals surface area contributed by atoms with E-state index in [0.717, 1.165) is 15.6 Å². The SMILES string of the molecule is OC1CC(c2ccc(F)c(Cl)c2)Oc2cc(Br)ccc21. The zero-order valence-corrected chi connectivity index (χ0v) is 12.7. The van der Waals surface area contributed by atoms with Crippen LogP contribution in [0.15, 0.2) is 40.9 Å². The summed E-state index contributed by atoms with van der Waals surface area (Å²) in [5, 5.41) is 10.3. The number of halogens is 3. The fourth-order valence-electron chi connectivity index (χ4n) is 2.33. The molecule has 0 saturated carbocycles. The molecule has 0 aliphatic carbocycles. The lowest BCUT2D eigenvalue weighted by Crippen LogP contribution is -2.19. The number of ether oxygens (including phenoxy) is 1. The summed E-state index contributed by atoms with van der Waals surface area (Å²) in [7, 11) is 0. The first-order valence-corrected chi connectivity index (χ1v) is 7.31. The monoisotopic (exact) mass is 356 g/mol. The van der Waals surface area contributed by atoms with Crippen LogP contribution in [0.25, 0.3) is 0 Å². The lowest BCUT2D eigenvalue weighted by Gasteiger charge is -2.30. The minimum Gasteiger partial charge on any atom is -0.485 e. The maximum atomic E-state index is 13.2. The Morgan fingerprint density at radius 2 is 2.05 bits per heavy atom. The maximum absolute atomic E-state index is 13.2. The molecule has 5 heteroatoms. The van der Waals surface area contributed by atoms with Gasteiger partial charge in [0.2, 0.25) is 0 Å². The van der Waals surface area contributed by atoms with Crippen LogP contribution < -0.4 is 4.74 Å². The van der Waals surface area contributed by atoms with Crippen molar-refractivity contribution in [2.45, 2.75) is 18.6 Å². The summed E-state index contributed by atoms with van der Waals surface area (Å²) in [5.74, 6) is 0.165. The Kier molecular flexibility index (Phi) is 3.71. The summed E-state index contributed by atoms with van der Waals surface area (Å²) in [5.41, 5.74) is 1.51. The molecular weight excluding hydrogens is 347 g/mol. The predicted molar refractivity (Wildman–Crippen MR) is 78.5 cm³/mol. The van der Waals surface area contributed by atoms with E-state index in [-0.39, 0.29) is 11.1 Å². The molecule has 3 rings (SSSR count). The predicted octanol–water partition coefficient (Wildman–Crippen LogP) is 4.80. The van der Waals surface area contributed by atoms with Crippen molar-refractivity contribution in [2.24, 2.45) is 0 Å². The van der Waals surface area contributed by atoms with Crippen LogP contribution in [0.3, 0.4) is 0 Å². The standard InChI is InChI=1S/C15H11BrClFO2/c16-9-2-3-10-13(19)7-14(20-15(10)6-9)8-1-4-12(18)11(17)5-8/h1-6,13-14,19H,7H2. The molecule has 0 amide bonds. The second kappa shape index (κ2) is 5.35. The van der Waals surface area contributed by atoms with Gasteiger partial charge in [0.15, 0.2) is 0 Å². The number of hydrogen-bond acceptors (Lipinski definition) is 2. The number of aliphatic hydroxyl groups is 1. The quantitative estimate of drug-likeness (QED) is 0.794. The van der Waals surface area contributed by atoms with Crippen molar-refractivity contribution in [1.82, 2.24) is 0 Å². The second-order valence-corrected chi connectivity index (χ2v) is 6.04. The molecule has 2 atom stereocenters. The van der Waals surface area contributed by atoms with Crippen LogP contribution in [0.4, 0.5) is 4.39 Å². The average molecular weight is 358 g/mol. The third-order valence-electron chi connectivity index (χ3n) is 3.36. The third-order valence-corrected chi connectivity index (χ3v) is 4.14. The molecular formula is C15H11BrClFO2. The molecule has 1 N–H and O–H groups in total. The normalized spacial score (nSPS) is 21.2. The molecule has 0 spiro atoms. The molecule has 1 aliphatic heterocycles. The van der Waals surface area contributed by atoms with Crippen LogP contribution in [0, 0.1) is 5.82 Å². The van der Waals surface area contributed by atoms with Crippen molar-refractivity contribution in [1.29, 1.82) is 0 Å². The zero-order chi connectivity index (χ0) is 14.3. The molecule has 0 aromatic heterocycles. The van der Waals surface area contributed by atoms with E-state index in [2.05, 4.69) is 15.9 Å². The van der Waals surface area contributed by atoms with Crippen LogP contribution in [-0.2, 0) is 0 Å². The van der Waals surface area contributed by atoms with E-state index in [4.69, 9.17) is 16.3 Å². The van der Waals surface area contributed by atoms with Gasteiger partial charge in [-0.25, -0.2) is 4.39 Å². The highest BCUT2D eigenvalue weighted by atomic mass is 79.9. The van der Waals surface area contributed by atoms with Crippen LogP contribution in [-0.4, -0.2) is 5.11 Å².